The maximum atomic E-state index is 13.2. The lowest BCUT2D eigenvalue weighted by Gasteiger charge is -2.18. The average Bonchev–Trinajstić information content (AvgIpc) is 2.74. The van der Waals surface area contributed by atoms with Gasteiger partial charge in [-0.3, -0.25) is 9.59 Å². The van der Waals surface area contributed by atoms with Crippen LogP contribution in [0.4, 0.5) is 11.4 Å². The van der Waals surface area contributed by atoms with Gasteiger partial charge in [-0.25, -0.2) is 0 Å². The minimum atomic E-state index is -0.426. The summed E-state index contributed by atoms with van der Waals surface area (Å²) in [6, 6.07) is 24.9. The molecule has 6 heteroatoms. The normalized spacial score (nSPS) is 12.1. The van der Waals surface area contributed by atoms with Gasteiger partial charge in [-0.05, 0) is 63.3 Å². The Morgan fingerprint density at radius 2 is 1.50 bits per heavy atom. The van der Waals surface area contributed by atoms with Crippen LogP contribution in [0.2, 0.25) is 0 Å². The van der Waals surface area contributed by atoms with Gasteiger partial charge in [0.15, 0.2) is 0 Å². The number of halogens is 1. The molecule has 166 valence electrons. The Labute approximate surface area is 202 Å². The molecule has 0 spiro atoms. The van der Waals surface area contributed by atoms with Crippen molar-refractivity contribution >= 4 is 50.9 Å². The fourth-order valence-corrected chi connectivity index (χ4v) is 4.51. The fraction of sp³-hybridized carbons (Fsp3) is 0.231. The second-order valence-corrected chi connectivity index (χ2v) is 10.7. The van der Waals surface area contributed by atoms with E-state index in [4.69, 9.17) is 0 Å². The van der Waals surface area contributed by atoms with Crippen molar-refractivity contribution in [1.82, 2.24) is 0 Å². The van der Waals surface area contributed by atoms with E-state index in [1.165, 1.54) is 11.8 Å². The van der Waals surface area contributed by atoms with Gasteiger partial charge < -0.3 is 10.6 Å². The summed E-state index contributed by atoms with van der Waals surface area (Å²) in [7, 11) is 0. The molecule has 32 heavy (non-hydrogen) atoms. The number of anilines is 2. The maximum absolute atomic E-state index is 13.2. The van der Waals surface area contributed by atoms with Crippen LogP contribution < -0.4 is 10.6 Å². The summed E-state index contributed by atoms with van der Waals surface area (Å²) in [4.78, 5) is 26.3. The summed E-state index contributed by atoms with van der Waals surface area (Å²) in [5.74, 6) is -0.108. The van der Waals surface area contributed by atoms with Crippen LogP contribution in [0.3, 0.4) is 0 Å². The first-order valence-electron chi connectivity index (χ1n) is 10.4. The monoisotopic (exact) mass is 510 g/mol. The number of hydrogen-bond donors (Lipinski definition) is 2. The number of hydrogen-bond acceptors (Lipinski definition) is 3. The Hall–Kier alpha value is -2.57. The molecule has 0 saturated heterocycles. The molecule has 0 saturated carbocycles. The van der Waals surface area contributed by atoms with Gasteiger partial charge in [0.25, 0.3) is 0 Å². The first-order chi connectivity index (χ1) is 15.2. The molecule has 0 heterocycles. The molecular weight excluding hydrogens is 484 g/mol. The number of rotatable bonds is 7. The number of nitrogens with one attached hydrogen (secondary N) is 2. The van der Waals surface area contributed by atoms with Gasteiger partial charge in [0.05, 0.1) is 5.69 Å². The molecule has 2 N–H and O–H groups in total. The van der Waals surface area contributed by atoms with Crippen LogP contribution in [-0.4, -0.2) is 11.8 Å². The first kappa shape index (κ1) is 24.1. The molecule has 3 rings (SSSR count). The Kier molecular flexibility index (Phi) is 8.15. The van der Waals surface area contributed by atoms with Crippen LogP contribution in [0.15, 0.2) is 88.2 Å². The van der Waals surface area contributed by atoms with Crippen LogP contribution in [0.5, 0.6) is 0 Å². The number of carbonyl (C=O) groups is 2. The van der Waals surface area contributed by atoms with Crippen LogP contribution in [0.1, 0.15) is 38.0 Å². The molecule has 0 aliphatic carbocycles. The molecule has 0 fully saturated rings. The number of amides is 2. The third-order valence-electron chi connectivity index (χ3n) is 4.56. The number of carbonyl (C=O) groups excluding carboxylic acids is 2. The summed E-state index contributed by atoms with van der Waals surface area (Å²) in [6.45, 7) is 6.11. The van der Waals surface area contributed by atoms with Crippen molar-refractivity contribution in [3.63, 3.8) is 0 Å². The van der Waals surface area contributed by atoms with E-state index in [2.05, 4.69) is 26.6 Å². The van der Waals surface area contributed by atoms with Crippen molar-refractivity contribution in [1.29, 1.82) is 0 Å². The zero-order valence-corrected chi connectivity index (χ0v) is 20.8. The molecule has 2 amide bonds. The first-order valence-corrected chi connectivity index (χ1v) is 12.1. The van der Waals surface area contributed by atoms with Gasteiger partial charge in [-0.1, -0.05) is 63.2 Å². The Balaban J connectivity index is 1.74. The third-order valence-corrected chi connectivity index (χ3v) is 6.51. The highest BCUT2D eigenvalue weighted by Crippen LogP contribution is 2.37. The molecule has 0 bridgehead atoms. The standard InChI is InChI=1S/C26H27BrN2O2S/c1-26(2,3)17-23(30)28-19-13-15-20(16-14-19)32-24(18-9-5-4-6-10-18)25(31)29-22-12-8-7-11-21(22)27/h4-16,24H,17H2,1-3H3,(H,28,30)(H,29,31). The largest absolute Gasteiger partial charge is 0.326 e. The number of benzene rings is 3. The minimum absolute atomic E-state index is 0.00659. The molecule has 0 radical (unpaired) electrons. The Bertz CT molecular complexity index is 1060. The number of thioether (sulfide) groups is 1. The van der Waals surface area contributed by atoms with E-state index in [0.29, 0.717) is 6.42 Å². The molecular formula is C26H27BrN2O2S. The van der Waals surface area contributed by atoms with Crippen molar-refractivity contribution in [2.75, 3.05) is 10.6 Å². The van der Waals surface area contributed by atoms with Gasteiger partial charge in [0.1, 0.15) is 5.25 Å². The second-order valence-electron chi connectivity index (χ2n) is 8.69. The van der Waals surface area contributed by atoms with Gasteiger partial charge in [0, 0.05) is 21.5 Å². The van der Waals surface area contributed by atoms with Gasteiger partial charge in [0.2, 0.25) is 11.8 Å². The predicted octanol–water partition coefficient (Wildman–Crippen LogP) is 7.30. The highest BCUT2D eigenvalue weighted by molar-refractivity contribution is 9.10. The van der Waals surface area contributed by atoms with Gasteiger partial charge in [-0.2, -0.15) is 0 Å². The molecule has 1 unspecified atom stereocenters. The predicted molar refractivity (Wildman–Crippen MR) is 137 cm³/mol. The van der Waals surface area contributed by atoms with Crippen LogP contribution in [0.25, 0.3) is 0 Å². The van der Waals surface area contributed by atoms with Crippen LogP contribution in [0, 0.1) is 5.41 Å². The maximum Gasteiger partial charge on any atom is 0.242 e. The molecule has 4 nitrogen and oxygen atoms in total. The van der Waals surface area contributed by atoms with Crippen molar-refractivity contribution in [2.24, 2.45) is 5.41 Å². The molecule has 0 aliphatic rings. The van der Waals surface area contributed by atoms with Gasteiger partial charge >= 0.3 is 0 Å². The van der Waals surface area contributed by atoms with E-state index < -0.39 is 5.25 Å². The quantitative estimate of drug-likeness (QED) is 0.328. The van der Waals surface area contributed by atoms with E-state index in [-0.39, 0.29) is 17.2 Å². The zero-order valence-electron chi connectivity index (χ0n) is 18.4. The SMILES string of the molecule is CC(C)(C)CC(=O)Nc1ccc(SC(C(=O)Nc2ccccc2Br)c2ccccc2)cc1. The summed E-state index contributed by atoms with van der Waals surface area (Å²) >= 11 is 4.96. The van der Waals surface area contributed by atoms with E-state index in [1.54, 1.807) is 0 Å². The molecule has 3 aromatic carbocycles. The second kappa shape index (κ2) is 10.8. The molecule has 3 aromatic rings. The van der Waals surface area contributed by atoms with Crippen molar-refractivity contribution in [3.8, 4) is 0 Å². The summed E-state index contributed by atoms with van der Waals surface area (Å²) in [5.41, 5.74) is 2.34. The third kappa shape index (κ3) is 7.24. The Morgan fingerprint density at radius 1 is 0.875 bits per heavy atom. The number of para-hydroxylation sites is 1. The molecule has 0 aromatic heterocycles. The van der Waals surface area contributed by atoms with Crippen LogP contribution in [-0.2, 0) is 9.59 Å². The smallest absolute Gasteiger partial charge is 0.242 e. The van der Waals surface area contributed by atoms with E-state index in [1.807, 2.05) is 99.6 Å². The van der Waals surface area contributed by atoms with Gasteiger partial charge in [-0.15, -0.1) is 11.8 Å². The minimum Gasteiger partial charge on any atom is -0.326 e. The zero-order chi connectivity index (χ0) is 23.1. The lowest BCUT2D eigenvalue weighted by molar-refractivity contribution is -0.118. The van der Waals surface area contributed by atoms with Crippen molar-refractivity contribution < 1.29 is 9.59 Å². The summed E-state index contributed by atoms with van der Waals surface area (Å²) < 4.78 is 0.834. The lowest BCUT2D eigenvalue weighted by Crippen LogP contribution is -2.19. The van der Waals surface area contributed by atoms with Crippen molar-refractivity contribution in [2.45, 2.75) is 37.3 Å². The highest BCUT2D eigenvalue weighted by Gasteiger charge is 2.23. The van der Waals surface area contributed by atoms with E-state index >= 15 is 0 Å². The Morgan fingerprint density at radius 3 is 2.12 bits per heavy atom. The topological polar surface area (TPSA) is 58.2 Å². The molecule has 0 aliphatic heterocycles. The van der Waals surface area contributed by atoms with Crippen LogP contribution >= 0.6 is 27.7 Å². The van der Waals surface area contributed by atoms with Crippen molar-refractivity contribution in [3.05, 3.63) is 88.9 Å². The fourth-order valence-electron chi connectivity index (χ4n) is 3.10. The average molecular weight is 511 g/mol. The highest BCUT2D eigenvalue weighted by atomic mass is 79.9. The summed E-state index contributed by atoms with van der Waals surface area (Å²) in [5, 5.41) is 5.54. The van der Waals surface area contributed by atoms with E-state index in [9.17, 15) is 9.59 Å². The van der Waals surface area contributed by atoms with E-state index in [0.717, 1.165) is 26.3 Å². The molecule has 1 atom stereocenters. The lowest BCUT2D eigenvalue weighted by atomic mass is 9.92. The summed E-state index contributed by atoms with van der Waals surface area (Å²) in [6.07, 6.45) is 0.453.